The standard InChI is InChI=1S/C33H31ClF3N5O5/c1-31(30(38)44)15-47-28-22(31)12-25(40-27(28)21-11-19(33(35,36)37)5-8-23(21)34)32(45,18-3-4-18)14-39-29(43)16-9-17-13-42(20-6-7-20)41-26(17)24(10-16)46-2/h5,8-13,18,20,45H,3-4,6-7,14-15H2,1-2H3,(H2,38,44)(H,39,43)/t31-,32+/m0/s1. The van der Waals surface area contributed by atoms with Crippen molar-refractivity contribution in [2.45, 2.75) is 55.8 Å². The van der Waals surface area contributed by atoms with E-state index in [0.717, 1.165) is 36.4 Å². The summed E-state index contributed by atoms with van der Waals surface area (Å²) in [5, 5.41) is 20.4. The number of aromatic nitrogens is 3. The fourth-order valence-electron chi connectivity index (χ4n) is 6.13. The highest BCUT2D eigenvalue weighted by Gasteiger charge is 2.50. The maximum atomic E-state index is 13.7. The lowest BCUT2D eigenvalue weighted by molar-refractivity contribution is -0.137. The highest BCUT2D eigenvalue weighted by molar-refractivity contribution is 6.33. The second kappa shape index (κ2) is 10.8. The maximum absolute atomic E-state index is 13.7. The molecule has 2 aromatic carbocycles. The number of benzene rings is 2. The van der Waals surface area contributed by atoms with Crippen LogP contribution in [0.1, 0.15) is 65.8 Å². The molecular formula is C33H31ClF3N5O5. The Morgan fingerprint density at radius 3 is 2.57 bits per heavy atom. The van der Waals surface area contributed by atoms with Gasteiger partial charge in [-0.05, 0) is 74.9 Å². The molecule has 1 aliphatic heterocycles. The average Bonchev–Trinajstić information content (AvgIpc) is 3.98. The number of nitrogens with one attached hydrogen (secondary N) is 1. The van der Waals surface area contributed by atoms with Gasteiger partial charge in [0.1, 0.15) is 40.3 Å². The molecule has 3 aliphatic rings. The third kappa shape index (κ3) is 5.35. The Morgan fingerprint density at radius 2 is 1.94 bits per heavy atom. The summed E-state index contributed by atoms with van der Waals surface area (Å²) in [7, 11) is 1.50. The largest absolute Gasteiger partial charge is 0.494 e. The molecule has 2 aliphatic carbocycles. The summed E-state index contributed by atoms with van der Waals surface area (Å²) in [6.07, 6.45) is 0.478. The van der Waals surface area contributed by atoms with Gasteiger partial charge in [-0.1, -0.05) is 11.6 Å². The molecule has 4 N–H and O–H groups in total. The molecule has 0 saturated heterocycles. The van der Waals surface area contributed by atoms with Crippen molar-refractivity contribution in [2.75, 3.05) is 20.3 Å². The zero-order valence-electron chi connectivity index (χ0n) is 25.4. The second-order valence-electron chi connectivity index (χ2n) is 12.7. The van der Waals surface area contributed by atoms with E-state index in [0.29, 0.717) is 30.1 Å². The lowest BCUT2D eigenvalue weighted by atomic mass is 9.81. The van der Waals surface area contributed by atoms with Crippen molar-refractivity contribution in [3.63, 3.8) is 0 Å². The van der Waals surface area contributed by atoms with Gasteiger partial charge in [0, 0.05) is 28.3 Å². The van der Waals surface area contributed by atoms with E-state index in [1.807, 2.05) is 10.9 Å². The van der Waals surface area contributed by atoms with Crippen LogP contribution in [0.3, 0.4) is 0 Å². The van der Waals surface area contributed by atoms with Crippen molar-refractivity contribution in [2.24, 2.45) is 11.7 Å². The molecule has 2 fully saturated rings. The summed E-state index contributed by atoms with van der Waals surface area (Å²) in [4.78, 5) is 30.8. The number of rotatable bonds is 9. The number of carbonyl (C=O) groups excluding carboxylic acids is 2. The van der Waals surface area contributed by atoms with Crippen molar-refractivity contribution in [1.82, 2.24) is 20.1 Å². The van der Waals surface area contributed by atoms with Crippen LogP contribution in [0.4, 0.5) is 13.2 Å². The summed E-state index contributed by atoms with van der Waals surface area (Å²) in [6.45, 7) is 1.08. The first kappa shape index (κ1) is 31.3. The first-order valence-electron chi connectivity index (χ1n) is 15.2. The van der Waals surface area contributed by atoms with E-state index in [2.05, 4.69) is 15.4 Å². The van der Waals surface area contributed by atoms with Crippen molar-refractivity contribution in [1.29, 1.82) is 0 Å². The first-order valence-corrected chi connectivity index (χ1v) is 15.5. The Bertz CT molecular complexity index is 1960. The van der Waals surface area contributed by atoms with E-state index >= 15 is 0 Å². The topological polar surface area (TPSA) is 142 Å². The minimum absolute atomic E-state index is 0.0410. The molecule has 2 atom stereocenters. The molecule has 2 aromatic heterocycles. The molecule has 10 nitrogen and oxygen atoms in total. The van der Waals surface area contributed by atoms with E-state index < -0.39 is 34.6 Å². The number of halogens is 4. The van der Waals surface area contributed by atoms with Gasteiger partial charge in [0.25, 0.3) is 5.91 Å². The number of aliphatic hydroxyl groups is 1. The van der Waals surface area contributed by atoms with Gasteiger partial charge in [-0.3, -0.25) is 14.3 Å². The normalized spacial score (nSPS) is 20.4. The quantitative estimate of drug-likeness (QED) is 0.220. The van der Waals surface area contributed by atoms with Gasteiger partial charge in [0.2, 0.25) is 5.91 Å². The molecule has 14 heteroatoms. The van der Waals surface area contributed by atoms with Crippen molar-refractivity contribution in [3.05, 3.63) is 70.0 Å². The predicted octanol–water partition coefficient (Wildman–Crippen LogP) is 5.28. The highest BCUT2D eigenvalue weighted by Crippen LogP contribution is 2.51. The van der Waals surface area contributed by atoms with E-state index in [1.54, 1.807) is 19.1 Å². The number of hydrogen-bond acceptors (Lipinski definition) is 7. The van der Waals surface area contributed by atoms with Gasteiger partial charge >= 0.3 is 6.18 Å². The van der Waals surface area contributed by atoms with E-state index in [-0.39, 0.29) is 57.9 Å². The molecule has 0 bridgehead atoms. The number of nitrogens with two attached hydrogens (primary N) is 1. The Morgan fingerprint density at radius 1 is 1.19 bits per heavy atom. The number of hydrogen-bond donors (Lipinski definition) is 3. The molecular weight excluding hydrogens is 639 g/mol. The smallest absolute Gasteiger partial charge is 0.416 e. The van der Waals surface area contributed by atoms with Gasteiger partial charge < -0.3 is 25.6 Å². The molecule has 2 amide bonds. The van der Waals surface area contributed by atoms with Crippen LogP contribution in [0.5, 0.6) is 11.5 Å². The zero-order chi connectivity index (χ0) is 33.5. The lowest BCUT2D eigenvalue weighted by Crippen LogP contribution is -2.44. The maximum Gasteiger partial charge on any atom is 0.416 e. The first-order chi connectivity index (χ1) is 22.2. The summed E-state index contributed by atoms with van der Waals surface area (Å²) in [5.41, 5.74) is 2.72. The van der Waals surface area contributed by atoms with E-state index in [1.165, 1.54) is 13.2 Å². The van der Waals surface area contributed by atoms with Gasteiger partial charge in [-0.2, -0.15) is 18.3 Å². The van der Waals surface area contributed by atoms with Crippen LogP contribution in [0.2, 0.25) is 5.02 Å². The van der Waals surface area contributed by atoms with E-state index in [4.69, 9.17) is 26.8 Å². The number of pyridine rings is 1. The highest BCUT2D eigenvalue weighted by atomic mass is 35.5. The predicted molar refractivity (Wildman–Crippen MR) is 165 cm³/mol. The van der Waals surface area contributed by atoms with Crippen LogP contribution >= 0.6 is 11.6 Å². The Labute approximate surface area is 272 Å². The number of primary amides is 1. The molecule has 0 spiro atoms. The van der Waals surface area contributed by atoms with Crippen LogP contribution in [0, 0.1) is 5.92 Å². The number of methoxy groups -OCH3 is 1. The van der Waals surface area contributed by atoms with E-state index in [9.17, 15) is 27.9 Å². The number of alkyl halides is 3. The van der Waals surface area contributed by atoms with Crippen LogP contribution in [0.25, 0.3) is 22.2 Å². The minimum Gasteiger partial charge on any atom is -0.494 e. The Balaban J connectivity index is 1.28. The summed E-state index contributed by atoms with van der Waals surface area (Å²) >= 11 is 6.43. The van der Waals surface area contributed by atoms with Crippen molar-refractivity contribution >= 4 is 34.3 Å². The third-order valence-electron chi connectivity index (χ3n) is 9.37. The van der Waals surface area contributed by atoms with Crippen LogP contribution in [-0.4, -0.2) is 51.9 Å². The number of amides is 2. The minimum atomic E-state index is -4.68. The third-order valence-corrected chi connectivity index (χ3v) is 9.70. The fourth-order valence-corrected chi connectivity index (χ4v) is 6.34. The monoisotopic (exact) mass is 669 g/mol. The van der Waals surface area contributed by atoms with Gasteiger partial charge in [-0.25, -0.2) is 4.98 Å². The second-order valence-corrected chi connectivity index (χ2v) is 13.2. The van der Waals surface area contributed by atoms with Crippen LogP contribution < -0.4 is 20.5 Å². The SMILES string of the molecule is COc1cc(C(=O)NC[C@](O)(c2cc3c(c(-c4cc(C(F)(F)F)ccc4Cl)n2)OC[C@]3(C)C(N)=O)C2CC2)cc2cn(C3CC3)nc12. The van der Waals surface area contributed by atoms with Gasteiger partial charge in [0.15, 0.2) is 0 Å². The molecule has 0 unspecified atom stereocenters. The number of fused-ring (bicyclic) bond motifs is 2. The average molecular weight is 670 g/mol. The summed E-state index contributed by atoms with van der Waals surface area (Å²) in [5.74, 6) is -1.08. The summed E-state index contributed by atoms with van der Waals surface area (Å²) < 4.78 is 54.5. The van der Waals surface area contributed by atoms with Gasteiger partial charge in [-0.15, -0.1) is 0 Å². The molecule has 0 radical (unpaired) electrons. The fraction of sp³-hybridized carbons (Fsp3) is 0.394. The van der Waals surface area contributed by atoms with Crippen LogP contribution in [-0.2, 0) is 22.0 Å². The van der Waals surface area contributed by atoms with Gasteiger partial charge in [0.05, 0.1) is 36.0 Å². The van der Waals surface area contributed by atoms with Crippen molar-refractivity contribution < 1.29 is 37.3 Å². The van der Waals surface area contributed by atoms with Crippen LogP contribution in [0.15, 0.2) is 42.6 Å². The molecule has 3 heterocycles. The molecule has 47 heavy (non-hydrogen) atoms. The lowest BCUT2D eigenvalue weighted by Gasteiger charge is -2.30. The number of nitrogens with zero attached hydrogens (tertiary/aromatic N) is 3. The molecule has 4 aromatic rings. The molecule has 246 valence electrons. The molecule has 7 rings (SSSR count). The Hall–Kier alpha value is -4.36. The summed E-state index contributed by atoms with van der Waals surface area (Å²) in [6, 6.07) is 7.91. The number of carbonyl (C=O) groups is 2. The number of ether oxygens (including phenoxy) is 2. The zero-order valence-corrected chi connectivity index (χ0v) is 26.2. The Kier molecular flexibility index (Phi) is 7.21. The van der Waals surface area contributed by atoms with Crippen molar-refractivity contribution in [3.8, 4) is 22.8 Å². The molecule has 2 saturated carbocycles.